The highest BCUT2D eigenvalue weighted by Crippen LogP contribution is 2.23. The van der Waals surface area contributed by atoms with Gasteiger partial charge in [-0.05, 0) is 43.2 Å². The fraction of sp³-hybridized carbons (Fsp3) is 0.286. The number of aromatic nitrogens is 7. The highest BCUT2D eigenvalue weighted by molar-refractivity contribution is 5.82. The second-order valence-corrected chi connectivity index (χ2v) is 7.95. The molecule has 3 N–H and O–H groups in total. The van der Waals surface area contributed by atoms with Crippen LogP contribution in [0.4, 0.5) is 11.5 Å². The van der Waals surface area contributed by atoms with Crippen molar-refractivity contribution >= 4 is 28.1 Å². The van der Waals surface area contributed by atoms with Crippen LogP contribution in [-0.4, -0.2) is 64.1 Å². The Hall–Kier alpha value is -3.83. The number of benzene rings is 1. The van der Waals surface area contributed by atoms with E-state index < -0.39 is 0 Å². The van der Waals surface area contributed by atoms with Crippen LogP contribution in [0.1, 0.15) is 18.7 Å². The number of H-pyrrole nitrogens is 1. The molecule has 0 aliphatic carbocycles. The number of imidazole rings is 1. The molecular weight excluding hydrogens is 410 g/mol. The maximum Gasteiger partial charge on any atom is 0.241 e. The first-order valence-corrected chi connectivity index (χ1v) is 10.5. The summed E-state index contributed by atoms with van der Waals surface area (Å²) in [7, 11) is 0. The highest BCUT2D eigenvalue weighted by atomic mass is 16.5. The number of piperidine rings is 1. The molecule has 5 aromatic rings. The molecule has 11 nitrogen and oxygen atoms in total. The summed E-state index contributed by atoms with van der Waals surface area (Å²) in [6.45, 7) is 2.19. The number of anilines is 2. The van der Waals surface area contributed by atoms with Gasteiger partial charge in [0.05, 0.1) is 30.6 Å². The average Bonchev–Trinajstić information content (AvgIpc) is 3.54. The number of fused-ring (bicyclic) bond motifs is 2. The van der Waals surface area contributed by atoms with E-state index in [1.165, 1.54) is 0 Å². The molecule has 0 spiro atoms. The first-order valence-electron chi connectivity index (χ1n) is 10.5. The number of likely N-dealkylation sites (tertiary alicyclic amines) is 1. The monoisotopic (exact) mass is 431 g/mol. The number of aliphatic hydroxyl groups excluding tert-OH is 1. The molecule has 1 saturated heterocycles. The molecular formula is C21H21N9O2. The minimum absolute atomic E-state index is 0.210. The lowest BCUT2D eigenvalue weighted by Crippen LogP contribution is -2.35. The normalized spacial score (nSPS) is 15.7. The van der Waals surface area contributed by atoms with Gasteiger partial charge in [0.15, 0.2) is 11.5 Å². The van der Waals surface area contributed by atoms with E-state index in [1.54, 1.807) is 16.9 Å². The Bertz CT molecular complexity index is 1380. The van der Waals surface area contributed by atoms with E-state index in [9.17, 15) is 5.11 Å². The number of rotatable bonds is 5. The second-order valence-electron chi connectivity index (χ2n) is 7.95. The minimum atomic E-state index is -0.210. The zero-order valence-corrected chi connectivity index (χ0v) is 17.1. The van der Waals surface area contributed by atoms with Crippen LogP contribution in [0.25, 0.3) is 28.1 Å². The van der Waals surface area contributed by atoms with Crippen molar-refractivity contribution in [3.05, 3.63) is 48.6 Å². The maximum atomic E-state index is 9.67. The molecule has 0 atom stereocenters. The van der Waals surface area contributed by atoms with Crippen LogP contribution >= 0.6 is 0 Å². The Labute approximate surface area is 182 Å². The molecule has 11 heteroatoms. The van der Waals surface area contributed by atoms with Gasteiger partial charge in [-0.1, -0.05) is 5.16 Å². The Kier molecular flexibility index (Phi) is 4.55. The van der Waals surface area contributed by atoms with Crippen LogP contribution in [-0.2, 0) is 6.54 Å². The van der Waals surface area contributed by atoms with E-state index in [2.05, 4.69) is 40.6 Å². The van der Waals surface area contributed by atoms with E-state index in [-0.39, 0.29) is 6.10 Å². The number of hydrogen-bond donors (Lipinski definition) is 3. The number of aromatic amines is 1. The van der Waals surface area contributed by atoms with Gasteiger partial charge in [0.25, 0.3) is 0 Å². The molecule has 0 radical (unpaired) electrons. The molecule has 6 rings (SSSR count). The van der Waals surface area contributed by atoms with Gasteiger partial charge in [-0.25, -0.2) is 9.50 Å². The topological polar surface area (TPSA) is 133 Å². The fourth-order valence-corrected chi connectivity index (χ4v) is 3.95. The first-order chi connectivity index (χ1) is 15.7. The summed E-state index contributed by atoms with van der Waals surface area (Å²) in [6.07, 6.45) is 4.79. The zero-order valence-electron chi connectivity index (χ0n) is 17.1. The van der Waals surface area contributed by atoms with E-state index in [0.717, 1.165) is 42.5 Å². The summed E-state index contributed by atoms with van der Waals surface area (Å²) < 4.78 is 7.17. The van der Waals surface area contributed by atoms with Crippen molar-refractivity contribution in [1.82, 2.24) is 39.8 Å². The van der Waals surface area contributed by atoms with Crippen molar-refractivity contribution < 1.29 is 9.63 Å². The fourth-order valence-electron chi connectivity index (χ4n) is 3.95. The Morgan fingerprint density at radius 3 is 2.97 bits per heavy atom. The predicted molar refractivity (Wildman–Crippen MR) is 116 cm³/mol. The number of nitrogens with zero attached hydrogens (tertiary/aromatic N) is 7. The molecule has 32 heavy (non-hydrogen) atoms. The number of aliphatic hydroxyl groups is 1. The second kappa shape index (κ2) is 7.70. The standard InChI is InChI=1S/C21H21N9O2/c31-15-5-7-29(8-6-15)12-20-25-21(28-32-20)17-11-22-19-4-3-18(27-30(17)19)24-14-1-2-16-13(9-14)10-23-26-16/h1-4,9-11,15,31H,5-8,12H2,(H,23,26)(H,24,27). The van der Waals surface area contributed by atoms with Crippen molar-refractivity contribution in [2.45, 2.75) is 25.5 Å². The van der Waals surface area contributed by atoms with Crippen LogP contribution in [0.15, 0.2) is 47.2 Å². The lowest BCUT2D eigenvalue weighted by Gasteiger charge is -2.27. The molecule has 1 fully saturated rings. The van der Waals surface area contributed by atoms with Gasteiger partial charge in [-0.2, -0.15) is 10.1 Å². The van der Waals surface area contributed by atoms with Gasteiger partial charge in [0.2, 0.25) is 11.7 Å². The van der Waals surface area contributed by atoms with Crippen molar-refractivity contribution in [2.24, 2.45) is 0 Å². The minimum Gasteiger partial charge on any atom is -0.393 e. The Morgan fingerprint density at radius 2 is 2.06 bits per heavy atom. The largest absolute Gasteiger partial charge is 0.393 e. The van der Waals surface area contributed by atoms with Gasteiger partial charge in [-0.15, -0.1) is 5.10 Å². The van der Waals surface area contributed by atoms with Crippen LogP contribution in [0.5, 0.6) is 0 Å². The Balaban J connectivity index is 1.24. The average molecular weight is 431 g/mol. The van der Waals surface area contributed by atoms with Crippen LogP contribution < -0.4 is 5.32 Å². The van der Waals surface area contributed by atoms with E-state index in [4.69, 9.17) is 4.52 Å². The van der Waals surface area contributed by atoms with E-state index in [0.29, 0.717) is 35.4 Å². The van der Waals surface area contributed by atoms with Gasteiger partial charge >= 0.3 is 0 Å². The van der Waals surface area contributed by atoms with Gasteiger partial charge in [-0.3, -0.25) is 10.00 Å². The summed E-state index contributed by atoms with van der Waals surface area (Å²) in [6, 6.07) is 9.69. The molecule has 1 aliphatic rings. The summed E-state index contributed by atoms with van der Waals surface area (Å²) in [5.41, 5.74) is 3.22. The summed E-state index contributed by atoms with van der Waals surface area (Å²) in [4.78, 5) is 11.2. The number of nitrogens with one attached hydrogen (secondary N) is 2. The molecule has 4 aromatic heterocycles. The predicted octanol–water partition coefficient (Wildman–Crippen LogP) is 2.36. The lowest BCUT2D eigenvalue weighted by molar-refractivity contribution is 0.0740. The summed E-state index contributed by atoms with van der Waals surface area (Å²) in [5.74, 6) is 1.64. The molecule has 0 saturated carbocycles. The smallest absolute Gasteiger partial charge is 0.241 e. The number of hydrogen-bond acceptors (Lipinski definition) is 9. The lowest BCUT2D eigenvalue weighted by atomic mass is 10.1. The zero-order chi connectivity index (χ0) is 21.5. The van der Waals surface area contributed by atoms with E-state index >= 15 is 0 Å². The van der Waals surface area contributed by atoms with Gasteiger partial charge in [0.1, 0.15) is 5.69 Å². The molecule has 1 aliphatic heterocycles. The Morgan fingerprint density at radius 1 is 1.16 bits per heavy atom. The van der Waals surface area contributed by atoms with Crippen molar-refractivity contribution in [3.63, 3.8) is 0 Å². The highest BCUT2D eigenvalue weighted by Gasteiger charge is 2.20. The molecule has 0 bridgehead atoms. The third-order valence-electron chi connectivity index (χ3n) is 5.69. The van der Waals surface area contributed by atoms with Crippen LogP contribution in [0.2, 0.25) is 0 Å². The third-order valence-corrected chi connectivity index (χ3v) is 5.69. The van der Waals surface area contributed by atoms with E-state index in [1.807, 2.05) is 30.3 Å². The SMILES string of the molecule is OC1CCN(Cc2nc(-c3cnc4ccc(Nc5ccc6[nH]ncc6c5)nn34)no2)CC1. The molecule has 0 unspecified atom stereocenters. The summed E-state index contributed by atoms with van der Waals surface area (Å²) in [5, 5.41) is 29.8. The molecule has 1 aromatic carbocycles. The van der Waals surface area contributed by atoms with Crippen LogP contribution in [0.3, 0.4) is 0 Å². The first kappa shape index (κ1) is 18.9. The third kappa shape index (κ3) is 3.57. The quantitative estimate of drug-likeness (QED) is 0.383. The van der Waals surface area contributed by atoms with Crippen molar-refractivity contribution in [2.75, 3.05) is 18.4 Å². The summed E-state index contributed by atoms with van der Waals surface area (Å²) >= 11 is 0. The van der Waals surface area contributed by atoms with Crippen molar-refractivity contribution in [1.29, 1.82) is 0 Å². The van der Waals surface area contributed by atoms with Gasteiger partial charge in [0, 0.05) is 24.2 Å². The molecule has 5 heterocycles. The molecule has 0 amide bonds. The molecule has 162 valence electrons. The maximum absolute atomic E-state index is 9.67. The van der Waals surface area contributed by atoms with Crippen molar-refractivity contribution in [3.8, 4) is 11.5 Å². The van der Waals surface area contributed by atoms with Crippen LogP contribution in [0, 0.1) is 0 Å². The van der Waals surface area contributed by atoms with Gasteiger partial charge < -0.3 is 14.9 Å².